The van der Waals surface area contributed by atoms with Crippen molar-refractivity contribution in [1.29, 1.82) is 0 Å². The molecule has 0 atom stereocenters. The Morgan fingerprint density at radius 2 is 1.68 bits per heavy atom. The van der Waals surface area contributed by atoms with Crippen molar-refractivity contribution in [2.24, 2.45) is 0 Å². The van der Waals surface area contributed by atoms with Crippen molar-refractivity contribution in [3.8, 4) is 23.0 Å². The summed E-state index contributed by atoms with van der Waals surface area (Å²) in [5.41, 5.74) is 0.523. The number of hydrogen-bond acceptors (Lipinski definition) is 8. The zero-order valence-electron chi connectivity index (χ0n) is 15.1. The molecule has 0 radical (unpaired) electrons. The summed E-state index contributed by atoms with van der Waals surface area (Å²) in [6.45, 7) is -0.243. The van der Waals surface area contributed by atoms with E-state index in [-0.39, 0.29) is 23.4 Å². The summed E-state index contributed by atoms with van der Waals surface area (Å²) < 4.78 is 38.7. The maximum absolute atomic E-state index is 12.0. The van der Waals surface area contributed by atoms with E-state index in [0.717, 1.165) is 6.26 Å². The van der Waals surface area contributed by atoms with Gasteiger partial charge in [0.15, 0.2) is 16.4 Å². The average Bonchev–Trinajstić information content (AvgIpc) is 3.14. The van der Waals surface area contributed by atoms with Gasteiger partial charge in [0.05, 0.1) is 12.0 Å². The molecule has 0 spiro atoms. The summed E-state index contributed by atoms with van der Waals surface area (Å²) in [6.07, 6.45) is 1.12. The van der Waals surface area contributed by atoms with E-state index in [1.54, 1.807) is 43.5 Å². The van der Waals surface area contributed by atoms with E-state index >= 15 is 0 Å². The van der Waals surface area contributed by atoms with Crippen LogP contribution in [0.25, 0.3) is 11.5 Å². The van der Waals surface area contributed by atoms with Crippen molar-refractivity contribution in [3.63, 3.8) is 0 Å². The third kappa shape index (κ3) is 4.86. The van der Waals surface area contributed by atoms with Crippen LogP contribution < -0.4 is 14.8 Å². The highest BCUT2D eigenvalue weighted by atomic mass is 32.2. The van der Waals surface area contributed by atoms with Crippen LogP contribution in [0.1, 0.15) is 0 Å². The van der Waals surface area contributed by atoms with E-state index in [1.807, 2.05) is 0 Å². The van der Waals surface area contributed by atoms with Gasteiger partial charge in [-0.05, 0) is 48.5 Å². The molecule has 10 heteroatoms. The number of sulfone groups is 1. The van der Waals surface area contributed by atoms with Crippen molar-refractivity contribution in [2.45, 2.75) is 4.90 Å². The minimum absolute atomic E-state index is 0.0921. The minimum Gasteiger partial charge on any atom is -0.497 e. The molecule has 0 aliphatic heterocycles. The van der Waals surface area contributed by atoms with Gasteiger partial charge < -0.3 is 13.9 Å². The van der Waals surface area contributed by atoms with Gasteiger partial charge in [0.1, 0.15) is 11.5 Å². The van der Waals surface area contributed by atoms with Crippen LogP contribution in [0.15, 0.2) is 57.8 Å². The highest BCUT2D eigenvalue weighted by molar-refractivity contribution is 7.90. The van der Waals surface area contributed by atoms with Gasteiger partial charge in [0.2, 0.25) is 5.89 Å². The molecule has 1 N–H and O–H groups in total. The lowest BCUT2D eigenvalue weighted by Crippen LogP contribution is -2.20. The minimum atomic E-state index is -3.29. The van der Waals surface area contributed by atoms with Crippen LogP contribution in [0.2, 0.25) is 0 Å². The zero-order chi connectivity index (χ0) is 20.1. The van der Waals surface area contributed by atoms with E-state index in [2.05, 4.69) is 15.5 Å². The normalized spacial score (nSPS) is 11.1. The second-order valence-electron chi connectivity index (χ2n) is 5.72. The van der Waals surface area contributed by atoms with Crippen LogP contribution in [0.5, 0.6) is 11.5 Å². The van der Waals surface area contributed by atoms with Gasteiger partial charge in [-0.15, -0.1) is 5.10 Å². The van der Waals surface area contributed by atoms with Gasteiger partial charge in [-0.3, -0.25) is 10.1 Å². The van der Waals surface area contributed by atoms with Crippen LogP contribution in [0, 0.1) is 0 Å². The molecule has 0 saturated heterocycles. The van der Waals surface area contributed by atoms with Gasteiger partial charge in [0, 0.05) is 11.8 Å². The van der Waals surface area contributed by atoms with Gasteiger partial charge >= 0.3 is 6.01 Å². The van der Waals surface area contributed by atoms with E-state index in [4.69, 9.17) is 13.9 Å². The Balaban J connectivity index is 1.58. The number of nitrogens with one attached hydrogen (secondary N) is 1. The molecule has 0 aliphatic rings. The maximum Gasteiger partial charge on any atom is 0.322 e. The molecule has 9 nitrogen and oxygen atoms in total. The number of rotatable bonds is 7. The Bertz CT molecular complexity index is 1060. The summed E-state index contributed by atoms with van der Waals surface area (Å²) in [7, 11) is -1.73. The Morgan fingerprint density at radius 1 is 1.04 bits per heavy atom. The molecule has 0 saturated carbocycles. The summed E-state index contributed by atoms with van der Waals surface area (Å²) in [5.74, 6) is 0.859. The fourth-order valence-corrected chi connectivity index (χ4v) is 2.84. The van der Waals surface area contributed by atoms with Crippen LogP contribution in [0.3, 0.4) is 0 Å². The first kappa shape index (κ1) is 19.4. The molecule has 146 valence electrons. The van der Waals surface area contributed by atoms with Gasteiger partial charge in [-0.1, -0.05) is 5.10 Å². The van der Waals surface area contributed by atoms with Crippen LogP contribution in [0.4, 0.5) is 6.01 Å². The SMILES string of the molecule is COc1ccc(OCC(=O)Nc2nnc(-c3ccc(S(C)(=O)=O)cc3)o2)cc1. The van der Waals surface area contributed by atoms with E-state index in [0.29, 0.717) is 17.1 Å². The molecule has 1 aromatic heterocycles. The molecular formula is C18H17N3O6S. The van der Waals surface area contributed by atoms with Crippen molar-refractivity contribution >= 4 is 21.8 Å². The number of nitrogens with zero attached hydrogens (tertiary/aromatic N) is 2. The Labute approximate surface area is 161 Å². The fourth-order valence-electron chi connectivity index (χ4n) is 2.21. The quantitative estimate of drug-likeness (QED) is 0.637. The molecule has 1 heterocycles. The Hall–Kier alpha value is -3.40. The second-order valence-corrected chi connectivity index (χ2v) is 7.74. The number of methoxy groups -OCH3 is 1. The molecule has 0 unspecified atom stereocenters. The molecule has 3 rings (SSSR count). The van der Waals surface area contributed by atoms with E-state index < -0.39 is 15.7 Å². The number of amides is 1. The number of benzene rings is 2. The van der Waals surface area contributed by atoms with Crippen LogP contribution >= 0.6 is 0 Å². The summed E-state index contributed by atoms with van der Waals surface area (Å²) in [4.78, 5) is 12.1. The van der Waals surface area contributed by atoms with Crippen molar-refractivity contribution < 1.29 is 27.1 Å². The van der Waals surface area contributed by atoms with Gasteiger partial charge in [-0.25, -0.2) is 8.42 Å². The lowest BCUT2D eigenvalue weighted by atomic mass is 10.2. The fraction of sp³-hybridized carbons (Fsp3) is 0.167. The average molecular weight is 403 g/mol. The standard InChI is InChI=1S/C18H17N3O6S/c1-25-13-5-7-14(8-6-13)26-11-16(22)19-18-21-20-17(27-18)12-3-9-15(10-4-12)28(2,23)24/h3-10H,11H2,1-2H3,(H,19,21,22). The first-order valence-corrected chi connectivity index (χ1v) is 9.95. The molecule has 0 aliphatic carbocycles. The number of hydrogen-bond donors (Lipinski definition) is 1. The van der Waals surface area contributed by atoms with Gasteiger partial charge in [-0.2, -0.15) is 0 Å². The third-order valence-electron chi connectivity index (χ3n) is 3.63. The first-order valence-electron chi connectivity index (χ1n) is 8.06. The number of ether oxygens (including phenoxy) is 2. The maximum atomic E-state index is 12.0. The lowest BCUT2D eigenvalue weighted by molar-refractivity contribution is -0.118. The molecular weight excluding hydrogens is 386 g/mol. The van der Waals surface area contributed by atoms with Crippen LogP contribution in [-0.4, -0.2) is 44.5 Å². The van der Waals surface area contributed by atoms with Crippen LogP contribution in [-0.2, 0) is 14.6 Å². The largest absolute Gasteiger partial charge is 0.497 e. The molecule has 0 fully saturated rings. The highest BCUT2D eigenvalue weighted by Gasteiger charge is 2.13. The van der Waals surface area contributed by atoms with Crippen molar-refractivity contribution in [1.82, 2.24) is 10.2 Å². The smallest absolute Gasteiger partial charge is 0.322 e. The molecule has 28 heavy (non-hydrogen) atoms. The lowest BCUT2D eigenvalue weighted by Gasteiger charge is -2.06. The summed E-state index contributed by atoms with van der Waals surface area (Å²) in [6, 6.07) is 12.7. The molecule has 3 aromatic rings. The number of carbonyl (C=O) groups excluding carboxylic acids is 1. The molecule has 2 aromatic carbocycles. The first-order chi connectivity index (χ1) is 13.3. The zero-order valence-corrected chi connectivity index (χ0v) is 15.9. The third-order valence-corrected chi connectivity index (χ3v) is 4.76. The Kier molecular flexibility index (Phi) is 5.59. The van der Waals surface area contributed by atoms with E-state index in [1.165, 1.54) is 12.1 Å². The molecule has 1 amide bonds. The van der Waals surface area contributed by atoms with Crippen molar-refractivity contribution in [3.05, 3.63) is 48.5 Å². The van der Waals surface area contributed by atoms with E-state index in [9.17, 15) is 13.2 Å². The predicted octanol–water partition coefficient (Wildman–Crippen LogP) is 2.17. The number of anilines is 1. The number of aromatic nitrogens is 2. The monoisotopic (exact) mass is 403 g/mol. The molecule has 0 bridgehead atoms. The number of carbonyl (C=O) groups is 1. The Morgan fingerprint density at radius 3 is 2.29 bits per heavy atom. The predicted molar refractivity (Wildman–Crippen MR) is 100.0 cm³/mol. The van der Waals surface area contributed by atoms with Crippen molar-refractivity contribution in [2.75, 3.05) is 25.3 Å². The summed E-state index contributed by atoms with van der Waals surface area (Å²) >= 11 is 0. The summed E-state index contributed by atoms with van der Waals surface area (Å²) in [5, 5.41) is 10.0. The highest BCUT2D eigenvalue weighted by Crippen LogP contribution is 2.22. The second kappa shape index (κ2) is 8.09. The van der Waals surface area contributed by atoms with Gasteiger partial charge in [0.25, 0.3) is 5.91 Å². The topological polar surface area (TPSA) is 121 Å².